The molecule has 0 spiro atoms. The average molecular weight is 146 g/mol. The fraction of sp³-hybridized carbons (Fsp3) is 0.800. The predicted octanol–water partition coefficient (Wildman–Crippen LogP) is -0.163. The molecule has 0 saturated carbocycles. The first kappa shape index (κ1) is 6.89. The summed E-state index contributed by atoms with van der Waals surface area (Å²) in [6.45, 7) is 0. The van der Waals surface area contributed by atoms with E-state index in [4.69, 9.17) is 0 Å². The topological polar surface area (TPSA) is 40.4 Å². The predicted molar refractivity (Wildman–Crippen MR) is 35.3 cm³/mol. The van der Waals surface area contributed by atoms with Crippen LogP contribution in [0.5, 0.6) is 0 Å². The minimum absolute atomic E-state index is 0.194. The molecule has 1 radical (unpaired) electrons. The van der Waals surface area contributed by atoms with Crippen LogP contribution in [0, 0.1) is 0 Å². The highest BCUT2D eigenvalue weighted by Gasteiger charge is 2.24. The molecule has 1 aliphatic rings. The molecule has 1 fully saturated rings. The largest absolute Gasteiger partial charge is 0.468 e. The van der Waals surface area contributed by atoms with Crippen molar-refractivity contribution in [2.45, 2.75) is 6.04 Å². The highest BCUT2D eigenvalue weighted by molar-refractivity contribution is 7.99. The van der Waals surface area contributed by atoms with Crippen molar-refractivity contribution in [3.8, 4) is 0 Å². The van der Waals surface area contributed by atoms with E-state index in [9.17, 15) is 4.79 Å². The number of esters is 1. The Morgan fingerprint density at radius 3 is 3.11 bits per heavy atom. The molecule has 0 aromatic carbocycles. The summed E-state index contributed by atoms with van der Waals surface area (Å²) < 4.78 is 4.49. The molecule has 9 heavy (non-hydrogen) atoms. The second kappa shape index (κ2) is 3.08. The average Bonchev–Trinajstić information content (AvgIpc) is 2.37. The second-order valence-corrected chi connectivity index (χ2v) is 2.72. The Labute approximate surface area is 58.1 Å². The third-order valence-electron chi connectivity index (χ3n) is 1.14. The zero-order valence-corrected chi connectivity index (χ0v) is 5.98. The maximum Gasteiger partial charge on any atom is 0.325 e. The number of hydrogen-bond acceptors (Lipinski definition) is 3. The molecular formula is C5H8NO2S. The van der Waals surface area contributed by atoms with E-state index in [0.29, 0.717) is 0 Å². The number of nitrogens with zero attached hydrogens (tertiary/aromatic N) is 1. The summed E-state index contributed by atoms with van der Waals surface area (Å²) in [6, 6.07) is -0.194. The first-order valence-corrected chi connectivity index (χ1v) is 3.82. The van der Waals surface area contributed by atoms with E-state index in [1.807, 2.05) is 0 Å². The lowest BCUT2D eigenvalue weighted by Gasteiger charge is -2.02. The SMILES string of the molecule is COC(=O)C1CSC[N]1. The second-order valence-electron chi connectivity index (χ2n) is 1.72. The first-order valence-electron chi connectivity index (χ1n) is 2.67. The van der Waals surface area contributed by atoms with Crippen LogP contribution in [-0.4, -0.2) is 30.8 Å². The summed E-state index contributed by atoms with van der Waals surface area (Å²) in [7, 11) is 1.39. The lowest BCUT2D eigenvalue weighted by atomic mass is 10.3. The van der Waals surface area contributed by atoms with Crippen molar-refractivity contribution in [3.63, 3.8) is 0 Å². The van der Waals surface area contributed by atoms with Gasteiger partial charge in [0.1, 0.15) is 6.04 Å². The number of hydrogen-bond donors (Lipinski definition) is 0. The molecule has 1 rings (SSSR count). The van der Waals surface area contributed by atoms with Crippen molar-refractivity contribution < 1.29 is 9.53 Å². The van der Waals surface area contributed by atoms with Crippen molar-refractivity contribution in [3.05, 3.63) is 0 Å². The third-order valence-corrected chi connectivity index (χ3v) is 2.02. The Bertz CT molecular complexity index is 112. The van der Waals surface area contributed by atoms with Gasteiger partial charge < -0.3 is 4.74 Å². The summed E-state index contributed by atoms with van der Waals surface area (Å²) >= 11 is 1.66. The Kier molecular flexibility index (Phi) is 2.36. The fourth-order valence-corrected chi connectivity index (χ4v) is 1.49. The molecule has 0 aromatic heterocycles. The molecule has 0 bridgehead atoms. The van der Waals surface area contributed by atoms with Gasteiger partial charge in [0.2, 0.25) is 0 Å². The van der Waals surface area contributed by atoms with E-state index < -0.39 is 0 Å². The van der Waals surface area contributed by atoms with Gasteiger partial charge in [-0.1, -0.05) is 0 Å². The molecule has 4 heteroatoms. The number of ether oxygens (including phenoxy) is 1. The molecule has 1 heterocycles. The summed E-state index contributed by atoms with van der Waals surface area (Å²) in [5.74, 6) is 1.31. The molecular weight excluding hydrogens is 138 g/mol. The van der Waals surface area contributed by atoms with Gasteiger partial charge in [0, 0.05) is 5.75 Å². The quantitative estimate of drug-likeness (QED) is 0.482. The van der Waals surface area contributed by atoms with E-state index in [0.717, 1.165) is 11.6 Å². The van der Waals surface area contributed by atoms with E-state index >= 15 is 0 Å². The van der Waals surface area contributed by atoms with Crippen LogP contribution >= 0.6 is 11.8 Å². The molecule has 0 aromatic rings. The molecule has 1 unspecified atom stereocenters. The van der Waals surface area contributed by atoms with Crippen LogP contribution in [0.3, 0.4) is 0 Å². The Balaban J connectivity index is 2.32. The van der Waals surface area contributed by atoms with Gasteiger partial charge >= 0.3 is 5.97 Å². The van der Waals surface area contributed by atoms with Crippen molar-refractivity contribution in [2.75, 3.05) is 18.7 Å². The number of thioether (sulfide) groups is 1. The van der Waals surface area contributed by atoms with Gasteiger partial charge in [0.05, 0.1) is 13.0 Å². The summed E-state index contributed by atoms with van der Waals surface area (Å²) in [5.41, 5.74) is 0. The standard InChI is InChI=1S/C5H8NO2S/c1-8-5(7)4-2-9-3-6-4/h4H,2-3H2,1H3. The molecule has 51 valence electrons. The van der Waals surface area contributed by atoms with Crippen molar-refractivity contribution in [2.24, 2.45) is 0 Å². The molecule has 1 aliphatic heterocycles. The number of carbonyl (C=O) groups is 1. The normalized spacial score (nSPS) is 26.1. The highest BCUT2D eigenvalue weighted by atomic mass is 32.2. The minimum Gasteiger partial charge on any atom is -0.468 e. The van der Waals surface area contributed by atoms with Crippen LogP contribution in [0.25, 0.3) is 0 Å². The van der Waals surface area contributed by atoms with Gasteiger partial charge in [0.15, 0.2) is 0 Å². The zero-order chi connectivity index (χ0) is 6.69. The number of methoxy groups -OCH3 is 1. The number of rotatable bonds is 1. The molecule has 0 N–H and O–H groups in total. The Hall–Kier alpha value is -0.220. The molecule has 0 aliphatic carbocycles. The summed E-state index contributed by atoms with van der Waals surface area (Å²) in [4.78, 5) is 10.7. The van der Waals surface area contributed by atoms with Crippen LogP contribution in [0.2, 0.25) is 0 Å². The van der Waals surface area contributed by atoms with Crippen molar-refractivity contribution in [1.29, 1.82) is 0 Å². The summed E-state index contributed by atoms with van der Waals surface area (Å²) in [6.07, 6.45) is 0. The van der Waals surface area contributed by atoms with Gasteiger partial charge in [0.25, 0.3) is 0 Å². The summed E-state index contributed by atoms with van der Waals surface area (Å²) in [5, 5.41) is 3.99. The fourth-order valence-electron chi connectivity index (χ4n) is 0.638. The van der Waals surface area contributed by atoms with Crippen LogP contribution in [0.15, 0.2) is 0 Å². The van der Waals surface area contributed by atoms with Gasteiger partial charge in [-0.15, -0.1) is 11.8 Å². The molecule has 3 nitrogen and oxygen atoms in total. The van der Waals surface area contributed by atoms with Gasteiger partial charge in [-0.05, 0) is 0 Å². The number of carbonyl (C=O) groups excluding carboxylic acids is 1. The first-order chi connectivity index (χ1) is 4.34. The Morgan fingerprint density at radius 2 is 2.67 bits per heavy atom. The van der Waals surface area contributed by atoms with Crippen LogP contribution < -0.4 is 5.32 Å². The highest BCUT2D eigenvalue weighted by Crippen LogP contribution is 2.11. The molecule has 0 amide bonds. The van der Waals surface area contributed by atoms with Crippen LogP contribution in [-0.2, 0) is 9.53 Å². The molecule has 1 saturated heterocycles. The smallest absolute Gasteiger partial charge is 0.325 e. The van der Waals surface area contributed by atoms with E-state index in [2.05, 4.69) is 10.1 Å². The lowest BCUT2D eigenvalue weighted by Crippen LogP contribution is -2.28. The van der Waals surface area contributed by atoms with Gasteiger partial charge in [-0.2, -0.15) is 0 Å². The zero-order valence-electron chi connectivity index (χ0n) is 5.16. The Morgan fingerprint density at radius 1 is 1.89 bits per heavy atom. The maximum atomic E-state index is 10.7. The van der Waals surface area contributed by atoms with Crippen LogP contribution in [0.1, 0.15) is 0 Å². The minimum atomic E-state index is -0.208. The maximum absolute atomic E-state index is 10.7. The van der Waals surface area contributed by atoms with Gasteiger partial charge in [-0.25, -0.2) is 5.32 Å². The van der Waals surface area contributed by atoms with E-state index in [1.54, 1.807) is 11.8 Å². The van der Waals surface area contributed by atoms with E-state index in [-0.39, 0.29) is 12.0 Å². The third kappa shape index (κ3) is 1.59. The lowest BCUT2D eigenvalue weighted by molar-refractivity contribution is -0.142. The monoisotopic (exact) mass is 146 g/mol. The van der Waals surface area contributed by atoms with E-state index in [1.165, 1.54) is 7.11 Å². The van der Waals surface area contributed by atoms with Crippen LogP contribution in [0.4, 0.5) is 0 Å². The van der Waals surface area contributed by atoms with Gasteiger partial charge in [-0.3, -0.25) is 4.79 Å². The van der Waals surface area contributed by atoms with Crippen molar-refractivity contribution in [1.82, 2.24) is 5.32 Å². The van der Waals surface area contributed by atoms with Crippen molar-refractivity contribution >= 4 is 17.7 Å². The molecule has 1 atom stereocenters.